The van der Waals surface area contributed by atoms with Crippen LogP contribution in [0.15, 0.2) is 0 Å². The zero-order valence-corrected chi connectivity index (χ0v) is 7.78. The fraction of sp³-hybridized carbons (Fsp3) is 0.889. The van der Waals surface area contributed by atoms with E-state index in [1.807, 2.05) is 0 Å². The summed E-state index contributed by atoms with van der Waals surface area (Å²) in [5.41, 5.74) is 0.0321. The number of likely N-dealkylation sites (tertiary alicyclic amines) is 1. The highest BCUT2D eigenvalue weighted by molar-refractivity contribution is 5.84. The number of rotatable bonds is 0. The summed E-state index contributed by atoms with van der Waals surface area (Å²) in [7, 11) is 0. The molecule has 1 aliphatic heterocycles. The summed E-state index contributed by atoms with van der Waals surface area (Å²) in [6, 6.07) is 0. The lowest BCUT2D eigenvalue weighted by Crippen LogP contribution is -2.36. The summed E-state index contributed by atoms with van der Waals surface area (Å²) in [6.45, 7) is 8.50. The fourth-order valence-corrected chi connectivity index (χ4v) is 1.42. The van der Waals surface area contributed by atoms with E-state index in [-0.39, 0.29) is 5.41 Å². The van der Waals surface area contributed by atoms with Crippen molar-refractivity contribution in [2.45, 2.75) is 33.6 Å². The number of amidine groups is 1. The molecular formula is C9H18N2. The quantitative estimate of drug-likeness (QED) is 0.420. The normalized spacial score (nSPS) is 19.0. The monoisotopic (exact) mass is 154 g/mol. The van der Waals surface area contributed by atoms with Crippen molar-refractivity contribution in [1.29, 1.82) is 5.41 Å². The smallest absolute Gasteiger partial charge is 0.101 e. The minimum Gasteiger partial charge on any atom is -0.360 e. The molecule has 0 amide bonds. The molecule has 1 rings (SSSR count). The zero-order chi connectivity index (χ0) is 8.48. The van der Waals surface area contributed by atoms with Crippen LogP contribution >= 0.6 is 0 Å². The predicted molar refractivity (Wildman–Crippen MR) is 48.0 cm³/mol. The van der Waals surface area contributed by atoms with Gasteiger partial charge in [0.1, 0.15) is 5.84 Å². The molecule has 0 aromatic rings. The van der Waals surface area contributed by atoms with E-state index in [0.29, 0.717) is 0 Å². The van der Waals surface area contributed by atoms with Gasteiger partial charge < -0.3 is 4.90 Å². The Morgan fingerprint density at radius 3 is 2.00 bits per heavy atom. The fourth-order valence-electron chi connectivity index (χ4n) is 1.42. The molecule has 1 fully saturated rings. The molecule has 1 saturated heterocycles. The second-order valence-electron chi connectivity index (χ2n) is 4.29. The highest BCUT2D eigenvalue weighted by Gasteiger charge is 2.24. The minimum absolute atomic E-state index is 0.0321. The van der Waals surface area contributed by atoms with Gasteiger partial charge in [-0.15, -0.1) is 0 Å². The standard InChI is InChI=1S/C9H18N2/c1-9(2,3)8(10)11-6-4-5-7-11/h10H,4-7H2,1-3H3. The van der Waals surface area contributed by atoms with Crippen molar-refractivity contribution in [2.24, 2.45) is 5.41 Å². The first-order chi connectivity index (χ1) is 5.02. The average molecular weight is 154 g/mol. The SMILES string of the molecule is CC(C)(C)C(=N)N1CCCC1. The Hall–Kier alpha value is -0.530. The molecule has 0 aliphatic carbocycles. The molecule has 1 heterocycles. The summed E-state index contributed by atoms with van der Waals surface area (Å²) in [5.74, 6) is 0.801. The van der Waals surface area contributed by atoms with Gasteiger partial charge in [-0.2, -0.15) is 0 Å². The van der Waals surface area contributed by atoms with Crippen LogP contribution in [0.4, 0.5) is 0 Å². The number of nitrogens with zero attached hydrogens (tertiary/aromatic N) is 1. The Bertz CT molecular complexity index is 149. The van der Waals surface area contributed by atoms with E-state index in [2.05, 4.69) is 25.7 Å². The largest absolute Gasteiger partial charge is 0.360 e. The molecule has 0 atom stereocenters. The van der Waals surface area contributed by atoms with Crippen molar-refractivity contribution >= 4 is 5.84 Å². The van der Waals surface area contributed by atoms with Gasteiger partial charge in [-0.1, -0.05) is 20.8 Å². The molecule has 1 N–H and O–H groups in total. The van der Waals surface area contributed by atoms with Crippen molar-refractivity contribution in [3.63, 3.8) is 0 Å². The van der Waals surface area contributed by atoms with Crippen molar-refractivity contribution < 1.29 is 0 Å². The molecule has 0 unspecified atom stereocenters. The molecule has 2 nitrogen and oxygen atoms in total. The van der Waals surface area contributed by atoms with Gasteiger partial charge in [0.05, 0.1) is 0 Å². The topological polar surface area (TPSA) is 27.1 Å². The van der Waals surface area contributed by atoms with Crippen LogP contribution in [0.1, 0.15) is 33.6 Å². The summed E-state index contributed by atoms with van der Waals surface area (Å²) in [6.07, 6.45) is 2.52. The molecular weight excluding hydrogens is 136 g/mol. The van der Waals surface area contributed by atoms with Crippen LogP contribution in [0.25, 0.3) is 0 Å². The Kier molecular flexibility index (Phi) is 2.21. The minimum atomic E-state index is 0.0321. The van der Waals surface area contributed by atoms with E-state index in [0.717, 1.165) is 18.9 Å². The molecule has 0 radical (unpaired) electrons. The van der Waals surface area contributed by atoms with Crippen molar-refractivity contribution in [2.75, 3.05) is 13.1 Å². The first-order valence-corrected chi connectivity index (χ1v) is 4.36. The van der Waals surface area contributed by atoms with E-state index >= 15 is 0 Å². The van der Waals surface area contributed by atoms with Gasteiger partial charge >= 0.3 is 0 Å². The van der Waals surface area contributed by atoms with Gasteiger partial charge in [-0.3, -0.25) is 5.41 Å². The lowest BCUT2D eigenvalue weighted by atomic mass is 9.94. The highest BCUT2D eigenvalue weighted by Crippen LogP contribution is 2.20. The summed E-state index contributed by atoms with van der Waals surface area (Å²) < 4.78 is 0. The van der Waals surface area contributed by atoms with Gasteiger partial charge in [-0.05, 0) is 12.8 Å². The molecule has 0 saturated carbocycles. The van der Waals surface area contributed by atoms with Gasteiger partial charge in [0.2, 0.25) is 0 Å². The Morgan fingerprint density at radius 1 is 1.18 bits per heavy atom. The molecule has 11 heavy (non-hydrogen) atoms. The van der Waals surface area contributed by atoms with Gasteiger partial charge in [-0.25, -0.2) is 0 Å². The van der Waals surface area contributed by atoms with Gasteiger partial charge in [0, 0.05) is 18.5 Å². The third-order valence-corrected chi connectivity index (χ3v) is 2.13. The Labute approximate surface area is 69.1 Å². The maximum absolute atomic E-state index is 7.86. The maximum Gasteiger partial charge on any atom is 0.101 e. The zero-order valence-electron chi connectivity index (χ0n) is 7.78. The third kappa shape index (κ3) is 1.95. The lowest BCUT2D eigenvalue weighted by Gasteiger charge is -2.28. The summed E-state index contributed by atoms with van der Waals surface area (Å²) >= 11 is 0. The Balaban J connectivity index is 2.53. The molecule has 64 valence electrons. The molecule has 1 aliphatic rings. The molecule has 0 bridgehead atoms. The number of nitrogens with one attached hydrogen (secondary N) is 1. The van der Waals surface area contributed by atoms with Crippen LogP contribution in [-0.2, 0) is 0 Å². The van der Waals surface area contributed by atoms with E-state index in [4.69, 9.17) is 5.41 Å². The molecule has 2 heteroatoms. The average Bonchev–Trinajstić information content (AvgIpc) is 2.34. The summed E-state index contributed by atoms with van der Waals surface area (Å²) in [4.78, 5) is 2.19. The van der Waals surface area contributed by atoms with Gasteiger partial charge in [0.15, 0.2) is 0 Å². The second-order valence-corrected chi connectivity index (χ2v) is 4.29. The van der Waals surface area contributed by atoms with Crippen LogP contribution in [0.3, 0.4) is 0 Å². The number of hydrogen-bond acceptors (Lipinski definition) is 1. The molecule has 0 aromatic heterocycles. The van der Waals surface area contributed by atoms with Crippen molar-refractivity contribution in [3.8, 4) is 0 Å². The third-order valence-electron chi connectivity index (χ3n) is 2.13. The van der Waals surface area contributed by atoms with Crippen molar-refractivity contribution in [3.05, 3.63) is 0 Å². The van der Waals surface area contributed by atoms with Crippen LogP contribution in [-0.4, -0.2) is 23.8 Å². The van der Waals surface area contributed by atoms with E-state index < -0.39 is 0 Å². The maximum atomic E-state index is 7.86. The van der Waals surface area contributed by atoms with E-state index in [1.54, 1.807) is 0 Å². The molecule has 0 spiro atoms. The van der Waals surface area contributed by atoms with Gasteiger partial charge in [0.25, 0.3) is 0 Å². The first-order valence-electron chi connectivity index (χ1n) is 4.36. The summed E-state index contributed by atoms with van der Waals surface area (Å²) in [5, 5.41) is 7.86. The van der Waals surface area contributed by atoms with Crippen LogP contribution in [0, 0.1) is 10.8 Å². The van der Waals surface area contributed by atoms with Crippen LogP contribution in [0.5, 0.6) is 0 Å². The number of hydrogen-bond donors (Lipinski definition) is 1. The highest BCUT2D eigenvalue weighted by atomic mass is 15.2. The van der Waals surface area contributed by atoms with Crippen LogP contribution in [0.2, 0.25) is 0 Å². The van der Waals surface area contributed by atoms with E-state index in [1.165, 1.54) is 12.8 Å². The Morgan fingerprint density at radius 2 is 1.64 bits per heavy atom. The van der Waals surface area contributed by atoms with E-state index in [9.17, 15) is 0 Å². The second kappa shape index (κ2) is 2.84. The van der Waals surface area contributed by atoms with Crippen LogP contribution < -0.4 is 0 Å². The first kappa shape index (κ1) is 8.57. The lowest BCUT2D eigenvalue weighted by molar-refractivity contribution is 0.428. The molecule has 0 aromatic carbocycles. The van der Waals surface area contributed by atoms with Crippen molar-refractivity contribution in [1.82, 2.24) is 4.90 Å². The predicted octanol–water partition coefficient (Wildman–Crippen LogP) is 2.11.